The highest BCUT2D eigenvalue weighted by Gasteiger charge is 2.46. The van der Waals surface area contributed by atoms with Crippen LogP contribution in [-0.2, 0) is 14.2 Å². The SMILES string of the molecule is C1CC2(OCC1CC1CCC3CC3C1)OCC(CC1CCC3CC3C1)CO2. The maximum Gasteiger partial charge on any atom is 0.282 e. The molecule has 3 heteroatoms. The summed E-state index contributed by atoms with van der Waals surface area (Å²) in [5, 5.41) is 0. The topological polar surface area (TPSA) is 27.7 Å². The van der Waals surface area contributed by atoms with E-state index in [1.165, 1.54) is 70.6 Å². The second-order valence-corrected chi connectivity index (χ2v) is 11.2. The molecule has 2 heterocycles. The van der Waals surface area contributed by atoms with Gasteiger partial charge in [-0.15, -0.1) is 0 Å². The van der Waals surface area contributed by atoms with Gasteiger partial charge in [-0.2, -0.15) is 0 Å². The Kier molecular flexibility index (Phi) is 4.58. The van der Waals surface area contributed by atoms with Crippen molar-refractivity contribution in [2.24, 2.45) is 47.3 Å². The molecule has 27 heavy (non-hydrogen) atoms. The standard InChI is InChI=1S/C24H38O3/c1-3-20-11-22(20)9-16(1)7-18-5-6-24(25-13-18)26-14-19(15-27-24)8-17-2-4-21-12-23(21)10-17/h16-23H,1-15H2. The molecule has 0 aromatic rings. The van der Waals surface area contributed by atoms with Crippen LogP contribution in [0.4, 0.5) is 0 Å². The Morgan fingerprint density at radius 2 is 1.07 bits per heavy atom. The van der Waals surface area contributed by atoms with Gasteiger partial charge in [0.15, 0.2) is 0 Å². The molecule has 6 aliphatic rings. The minimum absolute atomic E-state index is 0.589. The fourth-order valence-electron chi connectivity index (χ4n) is 7.18. The van der Waals surface area contributed by atoms with Crippen LogP contribution < -0.4 is 0 Å². The Hall–Kier alpha value is -0.120. The number of ether oxygens (including phenoxy) is 3. The van der Waals surface area contributed by atoms with Crippen molar-refractivity contribution in [1.29, 1.82) is 0 Å². The zero-order chi connectivity index (χ0) is 17.8. The third-order valence-electron chi connectivity index (χ3n) is 9.11. The summed E-state index contributed by atoms with van der Waals surface area (Å²) in [4.78, 5) is 0. The monoisotopic (exact) mass is 374 g/mol. The number of rotatable bonds is 4. The van der Waals surface area contributed by atoms with Gasteiger partial charge in [-0.05, 0) is 99.2 Å². The maximum atomic E-state index is 6.22. The van der Waals surface area contributed by atoms with Gasteiger partial charge in [0.05, 0.1) is 19.8 Å². The van der Waals surface area contributed by atoms with Crippen molar-refractivity contribution in [2.45, 2.75) is 83.0 Å². The van der Waals surface area contributed by atoms with Crippen molar-refractivity contribution < 1.29 is 14.2 Å². The molecule has 0 radical (unpaired) electrons. The molecule has 7 atom stereocenters. The van der Waals surface area contributed by atoms with E-state index < -0.39 is 5.97 Å². The molecule has 0 amide bonds. The average Bonchev–Trinajstić information content (AvgIpc) is 3.60. The Balaban J connectivity index is 0.936. The van der Waals surface area contributed by atoms with Gasteiger partial charge in [-0.3, -0.25) is 0 Å². The van der Waals surface area contributed by atoms with E-state index in [1.54, 1.807) is 0 Å². The molecule has 0 bridgehead atoms. The first-order chi connectivity index (χ1) is 13.2. The molecule has 4 saturated carbocycles. The molecule has 2 aliphatic heterocycles. The highest BCUT2D eigenvalue weighted by atomic mass is 16.9. The van der Waals surface area contributed by atoms with Gasteiger partial charge < -0.3 is 14.2 Å². The van der Waals surface area contributed by atoms with Crippen molar-refractivity contribution in [3.8, 4) is 0 Å². The summed E-state index contributed by atoms with van der Waals surface area (Å²) < 4.78 is 18.6. The lowest BCUT2D eigenvalue weighted by Crippen LogP contribution is -2.50. The number of hydrogen-bond acceptors (Lipinski definition) is 3. The fourth-order valence-corrected chi connectivity index (χ4v) is 7.18. The van der Waals surface area contributed by atoms with Gasteiger partial charge >= 0.3 is 0 Å². The predicted molar refractivity (Wildman–Crippen MR) is 104 cm³/mol. The summed E-state index contributed by atoms with van der Waals surface area (Å²) in [5.41, 5.74) is 0. The van der Waals surface area contributed by atoms with Crippen LogP contribution in [-0.4, -0.2) is 25.8 Å². The van der Waals surface area contributed by atoms with E-state index in [4.69, 9.17) is 14.2 Å². The third kappa shape index (κ3) is 3.85. The lowest BCUT2D eigenvalue weighted by molar-refractivity contribution is -0.424. The Bertz CT molecular complexity index is 480. The largest absolute Gasteiger partial charge is 0.327 e. The van der Waals surface area contributed by atoms with Crippen molar-refractivity contribution in [1.82, 2.24) is 0 Å². The quantitative estimate of drug-likeness (QED) is 0.661. The summed E-state index contributed by atoms with van der Waals surface area (Å²) in [6.07, 6.45) is 16.8. The summed E-state index contributed by atoms with van der Waals surface area (Å²) >= 11 is 0. The van der Waals surface area contributed by atoms with Crippen LogP contribution in [0.15, 0.2) is 0 Å². The Labute approximate surface area is 164 Å². The number of hydrogen-bond donors (Lipinski definition) is 0. The van der Waals surface area contributed by atoms with Gasteiger partial charge in [0.2, 0.25) is 0 Å². The van der Waals surface area contributed by atoms with Crippen LogP contribution in [0, 0.1) is 47.3 Å². The summed E-state index contributed by atoms with van der Waals surface area (Å²) in [6.45, 7) is 2.54. The van der Waals surface area contributed by atoms with E-state index in [9.17, 15) is 0 Å². The lowest BCUT2D eigenvalue weighted by atomic mass is 9.81. The van der Waals surface area contributed by atoms with E-state index in [0.29, 0.717) is 5.92 Å². The second-order valence-electron chi connectivity index (χ2n) is 11.2. The highest BCUT2D eigenvalue weighted by molar-refractivity contribution is 4.94. The highest BCUT2D eigenvalue weighted by Crippen LogP contribution is 2.54. The van der Waals surface area contributed by atoms with Crippen LogP contribution in [0.2, 0.25) is 0 Å². The van der Waals surface area contributed by atoms with E-state index in [0.717, 1.165) is 67.7 Å². The van der Waals surface area contributed by atoms with Crippen molar-refractivity contribution >= 4 is 0 Å². The van der Waals surface area contributed by atoms with Crippen LogP contribution >= 0.6 is 0 Å². The lowest BCUT2D eigenvalue weighted by Gasteiger charge is -2.44. The molecule has 6 rings (SSSR count). The molecule has 1 spiro atoms. The fraction of sp³-hybridized carbons (Fsp3) is 1.00. The average molecular weight is 375 g/mol. The first-order valence-corrected chi connectivity index (χ1v) is 12.2. The molecular weight excluding hydrogens is 336 g/mol. The first-order valence-electron chi connectivity index (χ1n) is 12.2. The molecule has 6 fully saturated rings. The van der Waals surface area contributed by atoms with E-state index in [1.807, 2.05) is 0 Å². The molecule has 0 aromatic carbocycles. The molecule has 2 saturated heterocycles. The van der Waals surface area contributed by atoms with Gasteiger partial charge in [0, 0.05) is 12.3 Å². The molecule has 152 valence electrons. The molecule has 0 aromatic heterocycles. The van der Waals surface area contributed by atoms with E-state index >= 15 is 0 Å². The van der Waals surface area contributed by atoms with Crippen molar-refractivity contribution in [3.05, 3.63) is 0 Å². The molecule has 3 nitrogen and oxygen atoms in total. The molecule has 7 unspecified atom stereocenters. The maximum absolute atomic E-state index is 6.22. The minimum atomic E-state index is -0.685. The molecular formula is C24H38O3. The molecule has 0 N–H and O–H groups in total. The van der Waals surface area contributed by atoms with Gasteiger partial charge in [-0.1, -0.05) is 12.8 Å². The predicted octanol–water partition coefficient (Wildman–Crippen LogP) is 5.38. The number of fused-ring (bicyclic) bond motifs is 2. The van der Waals surface area contributed by atoms with Gasteiger partial charge in [0.25, 0.3) is 5.97 Å². The van der Waals surface area contributed by atoms with Crippen LogP contribution in [0.3, 0.4) is 0 Å². The van der Waals surface area contributed by atoms with Crippen LogP contribution in [0.5, 0.6) is 0 Å². The van der Waals surface area contributed by atoms with Crippen LogP contribution in [0.25, 0.3) is 0 Å². The summed E-state index contributed by atoms with van der Waals surface area (Å²) in [7, 11) is 0. The second kappa shape index (κ2) is 6.99. The Morgan fingerprint density at radius 3 is 1.59 bits per heavy atom. The smallest absolute Gasteiger partial charge is 0.282 e. The molecule has 4 aliphatic carbocycles. The normalized spacial score (nSPS) is 54.2. The zero-order valence-electron chi connectivity index (χ0n) is 17.0. The van der Waals surface area contributed by atoms with E-state index in [-0.39, 0.29) is 0 Å². The summed E-state index contributed by atoms with van der Waals surface area (Å²) in [6, 6.07) is 0. The van der Waals surface area contributed by atoms with Gasteiger partial charge in [0.1, 0.15) is 0 Å². The van der Waals surface area contributed by atoms with E-state index in [2.05, 4.69) is 0 Å². The minimum Gasteiger partial charge on any atom is -0.327 e. The summed E-state index contributed by atoms with van der Waals surface area (Å²) in [5.74, 6) is 6.92. The Morgan fingerprint density at radius 1 is 0.519 bits per heavy atom. The van der Waals surface area contributed by atoms with Crippen molar-refractivity contribution in [2.75, 3.05) is 19.8 Å². The zero-order valence-corrected chi connectivity index (χ0v) is 17.0. The van der Waals surface area contributed by atoms with Gasteiger partial charge in [-0.25, -0.2) is 0 Å². The first kappa shape index (κ1) is 17.7. The third-order valence-corrected chi connectivity index (χ3v) is 9.11. The van der Waals surface area contributed by atoms with Crippen molar-refractivity contribution in [3.63, 3.8) is 0 Å². The van der Waals surface area contributed by atoms with Crippen LogP contribution in [0.1, 0.15) is 77.0 Å².